The molecule has 0 fully saturated rings. The maximum atomic E-state index is 12.7. The molecule has 0 aliphatic carbocycles. The number of carbonyl (C=O) groups excluding carboxylic acids is 1. The van der Waals surface area contributed by atoms with Gasteiger partial charge in [0.15, 0.2) is 0 Å². The minimum Gasteiger partial charge on any atom is -0.337 e. The third-order valence-corrected chi connectivity index (χ3v) is 4.22. The highest BCUT2D eigenvalue weighted by Gasteiger charge is 2.30. The predicted octanol–water partition coefficient (Wildman–Crippen LogP) is 4.00. The fourth-order valence-corrected chi connectivity index (χ4v) is 2.80. The molecule has 3 nitrogen and oxygen atoms in total. The lowest BCUT2D eigenvalue weighted by atomic mass is 10.1. The molecule has 0 unspecified atom stereocenters. The summed E-state index contributed by atoms with van der Waals surface area (Å²) in [5.74, 6) is -0.241. The van der Waals surface area contributed by atoms with E-state index in [9.17, 15) is 18.0 Å². The summed E-state index contributed by atoms with van der Waals surface area (Å²) < 4.78 is 38.1. The van der Waals surface area contributed by atoms with Crippen molar-refractivity contribution in [2.24, 2.45) is 0 Å². The van der Waals surface area contributed by atoms with Crippen molar-refractivity contribution >= 4 is 17.2 Å². The van der Waals surface area contributed by atoms with Crippen molar-refractivity contribution < 1.29 is 18.0 Å². The van der Waals surface area contributed by atoms with Crippen LogP contribution in [0.3, 0.4) is 0 Å². The van der Waals surface area contributed by atoms with Gasteiger partial charge in [-0.15, -0.1) is 11.3 Å². The highest BCUT2D eigenvalue weighted by atomic mass is 32.1. The van der Waals surface area contributed by atoms with Gasteiger partial charge in [0.05, 0.1) is 16.8 Å². The first kappa shape index (κ1) is 16.5. The molecule has 0 bridgehead atoms. The molecule has 1 amide bonds. The third-order valence-electron chi connectivity index (χ3n) is 3.09. The van der Waals surface area contributed by atoms with E-state index in [0.29, 0.717) is 10.4 Å². The van der Waals surface area contributed by atoms with Crippen LogP contribution >= 0.6 is 11.3 Å². The average Bonchev–Trinajstić information content (AvgIpc) is 2.94. The van der Waals surface area contributed by atoms with Crippen LogP contribution in [-0.2, 0) is 19.1 Å². The summed E-state index contributed by atoms with van der Waals surface area (Å²) in [5.41, 5.74) is -0.275. The molecule has 1 heterocycles. The fraction of sp³-hybridized carbons (Fsp3) is 0.333. The zero-order valence-electron chi connectivity index (χ0n) is 12.1. The average molecular weight is 328 g/mol. The number of nitrogens with zero attached hydrogens (tertiary/aromatic N) is 2. The molecule has 0 saturated heterocycles. The lowest BCUT2D eigenvalue weighted by Gasteiger charge is -2.17. The van der Waals surface area contributed by atoms with E-state index in [-0.39, 0.29) is 12.5 Å². The lowest BCUT2D eigenvalue weighted by molar-refractivity contribution is -0.137. The van der Waals surface area contributed by atoms with Crippen molar-refractivity contribution in [2.75, 3.05) is 7.05 Å². The number of hydrogen-bond donors (Lipinski definition) is 0. The number of aryl methyl sites for hydroxylation is 1. The number of amides is 1. The molecule has 2 rings (SSSR count). The van der Waals surface area contributed by atoms with Crippen LogP contribution in [0.15, 0.2) is 30.5 Å². The van der Waals surface area contributed by atoms with Crippen LogP contribution in [0.1, 0.15) is 32.7 Å². The SMILES string of the molecule is CCc1ncc(C(=O)N(C)Cc2cccc(C(F)(F)F)c2)s1. The van der Waals surface area contributed by atoms with Crippen molar-refractivity contribution in [3.8, 4) is 0 Å². The monoisotopic (exact) mass is 328 g/mol. The van der Waals surface area contributed by atoms with Gasteiger partial charge >= 0.3 is 6.18 Å². The predicted molar refractivity (Wildman–Crippen MR) is 78.7 cm³/mol. The van der Waals surface area contributed by atoms with E-state index in [1.807, 2.05) is 6.92 Å². The summed E-state index contributed by atoms with van der Waals surface area (Å²) in [6, 6.07) is 5.00. The third kappa shape index (κ3) is 3.85. The molecular weight excluding hydrogens is 313 g/mol. The van der Waals surface area contributed by atoms with E-state index in [2.05, 4.69) is 4.98 Å². The molecule has 0 aliphatic heterocycles. The van der Waals surface area contributed by atoms with Crippen molar-refractivity contribution in [2.45, 2.75) is 26.1 Å². The molecule has 0 atom stereocenters. The number of hydrogen-bond acceptors (Lipinski definition) is 3. The summed E-state index contributed by atoms with van der Waals surface area (Å²) in [6.07, 6.45) is -2.13. The van der Waals surface area contributed by atoms with Crippen LogP contribution in [0, 0.1) is 0 Å². The molecule has 0 radical (unpaired) electrons. The van der Waals surface area contributed by atoms with Crippen LogP contribution in [0.2, 0.25) is 0 Å². The number of alkyl halides is 3. The topological polar surface area (TPSA) is 33.2 Å². The number of rotatable bonds is 4. The van der Waals surface area contributed by atoms with Gasteiger partial charge in [-0.25, -0.2) is 4.98 Å². The molecule has 1 aromatic heterocycles. The highest BCUT2D eigenvalue weighted by Crippen LogP contribution is 2.29. The Kier molecular flexibility index (Phi) is 4.85. The smallest absolute Gasteiger partial charge is 0.337 e. The largest absolute Gasteiger partial charge is 0.416 e. The van der Waals surface area contributed by atoms with E-state index in [4.69, 9.17) is 0 Å². The number of aromatic nitrogens is 1. The molecule has 0 saturated carbocycles. The first-order valence-corrected chi connectivity index (χ1v) is 7.49. The second kappa shape index (κ2) is 6.48. The van der Waals surface area contributed by atoms with E-state index in [0.717, 1.165) is 23.6 Å². The van der Waals surface area contributed by atoms with Gasteiger partial charge in [0, 0.05) is 13.6 Å². The zero-order chi connectivity index (χ0) is 16.3. The Morgan fingerprint density at radius 2 is 2.09 bits per heavy atom. The molecule has 0 aliphatic rings. The van der Waals surface area contributed by atoms with Crippen molar-refractivity contribution in [1.29, 1.82) is 0 Å². The quantitative estimate of drug-likeness (QED) is 0.850. The van der Waals surface area contributed by atoms with Crippen LogP contribution < -0.4 is 0 Å². The molecular formula is C15H15F3N2OS. The lowest BCUT2D eigenvalue weighted by Crippen LogP contribution is -2.25. The Morgan fingerprint density at radius 3 is 2.68 bits per heavy atom. The Balaban J connectivity index is 2.11. The summed E-state index contributed by atoms with van der Waals surface area (Å²) in [4.78, 5) is 18.2. The minimum atomic E-state index is -4.38. The van der Waals surface area contributed by atoms with Crippen LogP contribution in [-0.4, -0.2) is 22.8 Å². The van der Waals surface area contributed by atoms with Crippen molar-refractivity contribution in [3.05, 3.63) is 51.5 Å². The molecule has 7 heteroatoms. The van der Waals surface area contributed by atoms with E-state index >= 15 is 0 Å². The number of thiazole rings is 1. The fourth-order valence-electron chi connectivity index (χ4n) is 1.95. The Morgan fingerprint density at radius 1 is 1.36 bits per heavy atom. The summed E-state index contributed by atoms with van der Waals surface area (Å²) in [6.45, 7) is 2.06. The van der Waals surface area contributed by atoms with Gasteiger partial charge in [-0.3, -0.25) is 4.79 Å². The van der Waals surface area contributed by atoms with Crippen molar-refractivity contribution in [3.63, 3.8) is 0 Å². The molecule has 1 aromatic carbocycles. The molecule has 0 N–H and O–H groups in total. The Labute approximate surface area is 130 Å². The van der Waals surface area contributed by atoms with E-state index < -0.39 is 11.7 Å². The number of benzene rings is 1. The number of carbonyl (C=O) groups is 1. The molecule has 22 heavy (non-hydrogen) atoms. The zero-order valence-corrected chi connectivity index (χ0v) is 13.0. The standard InChI is InChI=1S/C15H15F3N2OS/c1-3-13-19-8-12(22-13)14(21)20(2)9-10-5-4-6-11(7-10)15(16,17)18/h4-8H,3,9H2,1-2H3. The van der Waals surface area contributed by atoms with Crippen LogP contribution in [0.5, 0.6) is 0 Å². The number of halogens is 3. The van der Waals surface area contributed by atoms with Gasteiger partial charge in [-0.2, -0.15) is 13.2 Å². The van der Waals surface area contributed by atoms with Gasteiger partial charge in [0.1, 0.15) is 4.88 Å². The Hall–Kier alpha value is -1.89. The van der Waals surface area contributed by atoms with Gasteiger partial charge in [0.25, 0.3) is 5.91 Å². The first-order chi connectivity index (χ1) is 10.3. The molecule has 0 spiro atoms. The normalized spacial score (nSPS) is 11.5. The van der Waals surface area contributed by atoms with Crippen molar-refractivity contribution in [1.82, 2.24) is 9.88 Å². The van der Waals surface area contributed by atoms with Gasteiger partial charge < -0.3 is 4.90 Å². The molecule has 118 valence electrons. The summed E-state index contributed by atoms with van der Waals surface area (Å²) >= 11 is 1.30. The van der Waals surface area contributed by atoms with E-state index in [1.54, 1.807) is 13.1 Å². The maximum Gasteiger partial charge on any atom is 0.416 e. The highest BCUT2D eigenvalue weighted by molar-refractivity contribution is 7.13. The second-order valence-electron chi connectivity index (χ2n) is 4.83. The van der Waals surface area contributed by atoms with Gasteiger partial charge in [0.2, 0.25) is 0 Å². The first-order valence-electron chi connectivity index (χ1n) is 6.67. The van der Waals surface area contributed by atoms with Gasteiger partial charge in [-0.05, 0) is 24.1 Å². The van der Waals surface area contributed by atoms with Crippen LogP contribution in [0.4, 0.5) is 13.2 Å². The minimum absolute atomic E-state index is 0.113. The maximum absolute atomic E-state index is 12.7. The van der Waals surface area contributed by atoms with E-state index in [1.165, 1.54) is 28.5 Å². The summed E-state index contributed by atoms with van der Waals surface area (Å²) in [7, 11) is 1.56. The molecule has 2 aromatic rings. The summed E-state index contributed by atoms with van der Waals surface area (Å²) in [5, 5.41) is 0.857. The Bertz CT molecular complexity index is 667. The van der Waals surface area contributed by atoms with Crippen LogP contribution in [0.25, 0.3) is 0 Å². The van der Waals surface area contributed by atoms with Gasteiger partial charge in [-0.1, -0.05) is 19.1 Å². The second-order valence-corrected chi connectivity index (χ2v) is 5.95.